The molecule has 4 nitrogen and oxygen atoms in total. The second kappa shape index (κ2) is 7.63. The van der Waals surface area contributed by atoms with Crippen LogP contribution in [0.3, 0.4) is 0 Å². The molecule has 0 aliphatic carbocycles. The third kappa shape index (κ3) is 4.35. The highest BCUT2D eigenvalue weighted by atomic mass is 32.2. The predicted octanol–water partition coefficient (Wildman–Crippen LogP) is 3.96. The van der Waals surface area contributed by atoms with Crippen LogP contribution in [0.25, 0.3) is 6.08 Å². The predicted molar refractivity (Wildman–Crippen MR) is 104 cm³/mol. The molecule has 1 fully saturated rings. The molecular weight excluding hydrogens is 354 g/mol. The first-order chi connectivity index (χ1) is 12.0. The van der Waals surface area contributed by atoms with Gasteiger partial charge in [0, 0.05) is 11.1 Å². The van der Waals surface area contributed by atoms with E-state index in [-0.39, 0.29) is 11.7 Å². The van der Waals surface area contributed by atoms with E-state index >= 15 is 0 Å². The van der Waals surface area contributed by atoms with Crippen LogP contribution in [0, 0.1) is 0 Å². The van der Waals surface area contributed by atoms with Crippen molar-refractivity contribution in [3.05, 3.63) is 70.1 Å². The van der Waals surface area contributed by atoms with Gasteiger partial charge in [0.15, 0.2) is 5.78 Å². The number of carbonyl (C=O) groups is 2. The van der Waals surface area contributed by atoms with E-state index in [1.54, 1.807) is 19.1 Å². The summed E-state index contributed by atoms with van der Waals surface area (Å²) in [4.78, 5) is 24.0. The number of hydrogen-bond donors (Lipinski definition) is 1. The number of thiocarbonyl (C=S) groups is 1. The minimum absolute atomic E-state index is 0.0120. The lowest BCUT2D eigenvalue weighted by Gasteiger charge is -2.10. The van der Waals surface area contributed by atoms with Gasteiger partial charge in [-0.1, -0.05) is 60.4 Å². The Morgan fingerprint density at radius 2 is 2.04 bits per heavy atom. The largest absolute Gasteiger partial charge is 0.489 e. The van der Waals surface area contributed by atoms with Crippen molar-refractivity contribution in [1.29, 1.82) is 0 Å². The number of hydrogen-bond acceptors (Lipinski definition) is 5. The molecule has 25 heavy (non-hydrogen) atoms. The van der Waals surface area contributed by atoms with Gasteiger partial charge in [-0.15, -0.1) is 0 Å². The molecule has 2 aromatic carbocycles. The van der Waals surface area contributed by atoms with E-state index in [9.17, 15) is 9.59 Å². The Labute approximate surface area is 155 Å². The topological polar surface area (TPSA) is 55.4 Å². The van der Waals surface area contributed by atoms with Crippen LogP contribution in [-0.4, -0.2) is 16.0 Å². The first-order valence-corrected chi connectivity index (χ1v) is 8.82. The molecule has 1 aliphatic heterocycles. The van der Waals surface area contributed by atoms with Crippen LogP contribution in [-0.2, 0) is 11.4 Å². The number of carbonyl (C=O) groups excluding carboxylic acids is 2. The van der Waals surface area contributed by atoms with Crippen LogP contribution in [0.4, 0.5) is 0 Å². The fraction of sp³-hybridized carbons (Fsp3) is 0.105. The molecule has 1 heterocycles. The van der Waals surface area contributed by atoms with E-state index in [1.165, 1.54) is 11.8 Å². The number of ketones is 1. The van der Waals surface area contributed by atoms with Crippen LogP contribution < -0.4 is 10.1 Å². The fourth-order valence-corrected chi connectivity index (χ4v) is 3.46. The molecule has 1 amide bonds. The zero-order valence-electron chi connectivity index (χ0n) is 13.4. The molecule has 2 aromatic rings. The van der Waals surface area contributed by atoms with E-state index in [4.69, 9.17) is 17.0 Å². The van der Waals surface area contributed by atoms with Gasteiger partial charge in [0.25, 0.3) is 5.91 Å². The van der Waals surface area contributed by atoms with E-state index in [0.29, 0.717) is 27.1 Å². The summed E-state index contributed by atoms with van der Waals surface area (Å²) in [5, 5.41) is 2.59. The van der Waals surface area contributed by atoms with E-state index < -0.39 is 0 Å². The fourth-order valence-electron chi connectivity index (χ4n) is 2.42. The average Bonchev–Trinajstić information content (AvgIpc) is 2.91. The Hall–Kier alpha value is -2.44. The molecule has 0 unspecified atom stereocenters. The average molecular weight is 369 g/mol. The van der Waals surface area contributed by atoms with Gasteiger partial charge in [-0.05, 0) is 30.7 Å². The van der Waals surface area contributed by atoms with Gasteiger partial charge in [-0.2, -0.15) is 0 Å². The highest BCUT2D eigenvalue weighted by Crippen LogP contribution is 2.27. The Balaban J connectivity index is 1.75. The quantitative estimate of drug-likeness (QED) is 0.491. The summed E-state index contributed by atoms with van der Waals surface area (Å²) in [5.41, 5.74) is 2.35. The summed E-state index contributed by atoms with van der Waals surface area (Å²) in [6.45, 7) is 1.84. The van der Waals surface area contributed by atoms with Gasteiger partial charge in [0.2, 0.25) is 0 Å². The van der Waals surface area contributed by atoms with Gasteiger partial charge in [0.05, 0.1) is 4.91 Å². The highest BCUT2D eigenvalue weighted by Gasteiger charge is 2.21. The number of Topliss-reactive ketones (excluding diaryl/α,β-unsaturated/α-hetero) is 1. The summed E-state index contributed by atoms with van der Waals surface area (Å²) < 4.78 is 6.28. The second-order valence-corrected chi connectivity index (χ2v) is 7.15. The molecule has 1 saturated heterocycles. The molecule has 0 radical (unpaired) electrons. The lowest BCUT2D eigenvalue weighted by molar-refractivity contribution is -0.115. The smallest absolute Gasteiger partial charge is 0.263 e. The summed E-state index contributed by atoms with van der Waals surface area (Å²) in [6.07, 6.45) is 1.77. The third-order valence-corrected chi connectivity index (χ3v) is 4.75. The van der Waals surface area contributed by atoms with Crippen LogP contribution >= 0.6 is 24.0 Å². The van der Waals surface area contributed by atoms with Crippen molar-refractivity contribution in [2.24, 2.45) is 0 Å². The Bertz CT molecular complexity index is 890. The van der Waals surface area contributed by atoms with Crippen molar-refractivity contribution in [1.82, 2.24) is 5.32 Å². The minimum atomic E-state index is -0.184. The molecule has 0 saturated carbocycles. The first kappa shape index (κ1) is 17.4. The van der Waals surface area contributed by atoms with Gasteiger partial charge in [-0.25, -0.2) is 0 Å². The van der Waals surface area contributed by atoms with E-state index in [0.717, 1.165) is 11.1 Å². The Morgan fingerprint density at radius 3 is 2.76 bits per heavy atom. The molecule has 1 N–H and O–H groups in total. The molecule has 6 heteroatoms. The number of amides is 1. The normalized spacial score (nSPS) is 15.3. The van der Waals surface area contributed by atoms with Crippen molar-refractivity contribution in [3.8, 4) is 5.75 Å². The zero-order valence-corrected chi connectivity index (χ0v) is 15.1. The zero-order chi connectivity index (χ0) is 17.8. The maximum absolute atomic E-state index is 11.7. The number of rotatable bonds is 5. The lowest BCUT2D eigenvalue weighted by atomic mass is 10.1. The highest BCUT2D eigenvalue weighted by molar-refractivity contribution is 8.26. The third-order valence-electron chi connectivity index (χ3n) is 3.59. The van der Waals surface area contributed by atoms with Gasteiger partial charge >= 0.3 is 0 Å². The molecule has 0 atom stereocenters. The lowest BCUT2D eigenvalue weighted by Crippen LogP contribution is -2.17. The summed E-state index contributed by atoms with van der Waals surface area (Å²) in [5.74, 6) is 0.494. The number of thioether (sulfide) groups is 1. The van der Waals surface area contributed by atoms with Crippen molar-refractivity contribution >= 4 is 46.1 Å². The van der Waals surface area contributed by atoms with Gasteiger partial charge < -0.3 is 10.1 Å². The van der Waals surface area contributed by atoms with Gasteiger partial charge in [0.1, 0.15) is 16.7 Å². The standard InChI is InChI=1S/C19H15NO3S2/c1-12(21)16-8-3-2-6-14(16)11-23-15-7-4-5-13(9-15)10-17-18(22)20-19(24)25-17/h2-10H,11H2,1H3,(H,20,22,24). The molecule has 0 aromatic heterocycles. The minimum Gasteiger partial charge on any atom is -0.489 e. The summed E-state index contributed by atoms with van der Waals surface area (Å²) in [7, 11) is 0. The summed E-state index contributed by atoms with van der Waals surface area (Å²) >= 11 is 6.23. The number of ether oxygens (including phenoxy) is 1. The summed E-state index contributed by atoms with van der Waals surface area (Å²) in [6, 6.07) is 14.8. The van der Waals surface area contributed by atoms with Gasteiger partial charge in [-0.3, -0.25) is 9.59 Å². The maximum Gasteiger partial charge on any atom is 0.263 e. The van der Waals surface area contributed by atoms with Crippen molar-refractivity contribution in [2.75, 3.05) is 0 Å². The molecule has 1 aliphatic rings. The van der Waals surface area contributed by atoms with Crippen molar-refractivity contribution in [2.45, 2.75) is 13.5 Å². The SMILES string of the molecule is CC(=O)c1ccccc1COc1cccc(C=C2SC(=S)NC2=O)c1. The van der Waals surface area contributed by atoms with Crippen molar-refractivity contribution < 1.29 is 14.3 Å². The molecular formula is C19H15NO3S2. The van der Waals surface area contributed by atoms with E-state index in [2.05, 4.69) is 5.32 Å². The maximum atomic E-state index is 11.7. The first-order valence-electron chi connectivity index (χ1n) is 7.59. The Morgan fingerprint density at radius 1 is 1.24 bits per heavy atom. The van der Waals surface area contributed by atoms with E-state index in [1.807, 2.05) is 42.5 Å². The molecule has 3 rings (SSSR count). The van der Waals surface area contributed by atoms with Crippen LogP contribution in [0.1, 0.15) is 28.4 Å². The number of nitrogens with one attached hydrogen (secondary N) is 1. The van der Waals surface area contributed by atoms with Crippen LogP contribution in [0.5, 0.6) is 5.75 Å². The van der Waals surface area contributed by atoms with Crippen LogP contribution in [0.2, 0.25) is 0 Å². The molecule has 0 bridgehead atoms. The monoisotopic (exact) mass is 369 g/mol. The number of benzene rings is 2. The van der Waals surface area contributed by atoms with Crippen LogP contribution in [0.15, 0.2) is 53.4 Å². The molecule has 0 spiro atoms. The van der Waals surface area contributed by atoms with Crippen molar-refractivity contribution in [3.63, 3.8) is 0 Å². The molecule has 126 valence electrons. The Kier molecular flexibility index (Phi) is 5.31. The second-order valence-electron chi connectivity index (χ2n) is 5.43.